The van der Waals surface area contributed by atoms with Gasteiger partial charge in [-0.15, -0.1) is 0 Å². The highest BCUT2D eigenvalue weighted by atomic mass is 16.5. The van der Waals surface area contributed by atoms with Crippen LogP contribution in [0.1, 0.15) is 56.9 Å². The predicted octanol–water partition coefficient (Wildman–Crippen LogP) is 4.28. The molecule has 0 aromatic heterocycles. The second-order valence-corrected chi connectivity index (χ2v) is 12.1. The largest absolute Gasteiger partial charge is 0.468 e. The Morgan fingerprint density at radius 3 is 2.44 bits per heavy atom. The number of ether oxygens (including phenoxy) is 1. The summed E-state index contributed by atoms with van der Waals surface area (Å²) in [6.45, 7) is 2.35. The van der Waals surface area contributed by atoms with Crippen molar-refractivity contribution in [2.45, 2.75) is 57.9 Å². The molecule has 216 valence electrons. The number of methoxy groups -OCH3 is 1. The smallest absolute Gasteiger partial charge is 0.317 e. The van der Waals surface area contributed by atoms with Crippen molar-refractivity contribution in [1.82, 2.24) is 14.7 Å². The van der Waals surface area contributed by atoms with E-state index in [1.165, 1.54) is 7.11 Å². The number of carbonyl (C=O) groups is 4. The minimum absolute atomic E-state index is 0.0491. The van der Waals surface area contributed by atoms with E-state index in [2.05, 4.69) is 24.3 Å². The van der Waals surface area contributed by atoms with Crippen molar-refractivity contribution in [1.29, 1.82) is 0 Å². The Bertz CT molecular complexity index is 1390. The van der Waals surface area contributed by atoms with Gasteiger partial charge in [-0.25, -0.2) is 0 Å². The van der Waals surface area contributed by atoms with E-state index < -0.39 is 11.3 Å². The molecule has 3 amide bonds. The second-order valence-electron chi connectivity index (χ2n) is 12.1. The zero-order chi connectivity index (χ0) is 28.6. The first kappa shape index (κ1) is 27.5. The van der Waals surface area contributed by atoms with E-state index >= 15 is 0 Å². The van der Waals surface area contributed by atoms with Gasteiger partial charge in [-0.3, -0.25) is 19.2 Å². The molecule has 2 aliphatic heterocycles. The molecule has 2 aliphatic carbocycles. The summed E-state index contributed by atoms with van der Waals surface area (Å²) in [6.07, 6.45) is 7.50. The van der Waals surface area contributed by atoms with E-state index in [0.29, 0.717) is 39.1 Å². The second kappa shape index (κ2) is 11.3. The highest BCUT2D eigenvalue weighted by Crippen LogP contribution is 2.50. The van der Waals surface area contributed by atoms with Crippen molar-refractivity contribution in [3.05, 3.63) is 59.8 Å². The van der Waals surface area contributed by atoms with Crippen LogP contribution in [0.3, 0.4) is 0 Å². The van der Waals surface area contributed by atoms with Gasteiger partial charge in [0.1, 0.15) is 5.41 Å². The Hall–Kier alpha value is -3.68. The molecule has 0 bridgehead atoms. The SMILES string of the molecule is COC(=O)[C@]12CCCCC=C1N(Cc1cccc3ccccc13)C(=O)[C@H](CC(=O)N1CCN(C(=O)C3CC3)CC1)C2. The molecule has 4 aliphatic rings. The molecular formula is C33H39N3O5. The lowest BCUT2D eigenvalue weighted by atomic mass is 9.68. The third-order valence-corrected chi connectivity index (χ3v) is 9.46. The Morgan fingerprint density at radius 1 is 0.951 bits per heavy atom. The molecule has 0 radical (unpaired) electrons. The van der Waals surface area contributed by atoms with E-state index in [9.17, 15) is 19.2 Å². The monoisotopic (exact) mass is 557 g/mol. The molecule has 2 saturated heterocycles. The normalized spacial score (nSPS) is 24.9. The molecule has 8 nitrogen and oxygen atoms in total. The number of hydrogen-bond acceptors (Lipinski definition) is 5. The van der Waals surface area contributed by atoms with Crippen LogP contribution in [0.5, 0.6) is 0 Å². The van der Waals surface area contributed by atoms with Gasteiger partial charge in [0.05, 0.1) is 13.7 Å². The standard InChI is InChI=1S/C33H39N3O5/c1-41-32(40)33-15-6-2-3-12-28(33)36(22-25-10-7-9-23-8-4-5-11-27(23)25)31(39)26(21-33)20-29(37)34-16-18-35(19-17-34)30(38)24-13-14-24/h4-5,7-12,24,26H,2-3,6,13-22H2,1H3/t26-,33+/m1/s1. The number of benzene rings is 2. The van der Waals surface area contributed by atoms with Gasteiger partial charge in [-0.1, -0.05) is 55.0 Å². The topological polar surface area (TPSA) is 87.2 Å². The van der Waals surface area contributed by atoms with Gasteiger partial charge in [0, 0.05) is 50.1 Å². The van der Waals surface area contributed by atoms with Crippen molar-refractivity contribution >= 4 is 34.5 Å². The van der Waals surface area contributed by atoms with Crippen molar-refractivity contribution in [2.24, 2.45) is 17.3 Å². The van der Waals surface area contributed by atoms with Crippen LogP contribution in [0.4, 0.5) is 0 Å². The van der Waals surface area contributed by atoms with Gasteiger partial charge in [-0.05, 0) is 54.9 Å². The molecule has 0 N–H and O–H groups in total. The number of nitrogens with zero attached hydrogens (tertiary/aromatic N) is 3. The van der Waals surface area contributed by atoms with Gasteiger partial charge in [0.15, 0.2) is 0 Å². The minimum Gasteiger partial charge on any atom is -0.468 e. The molecular weight excluding hydrogens is 518 g/mol. The maximum atomic E-state index is 14.2. The number of piperidine rings is 1. The molecule has 6 rings (SSSR count). The molecule has 2 atom stereocenters. The van der Waals surface area contributed by atoms with Crippen LogP contribution in [0, 0.1) is 17.3 Å². The number of piperazine rings is 1. The fraction of sp³-hybridized carbons (Fsp3) is 0.515. The Balaban J connectivity index is 1.27. The molecule has 1 saturated carbocycles. The van der Waals surface area contributed by atoms with Crippen LogP contribution in [0.15, 0.2) is 54.2 Å². The van der Waals surface area contributed by atoms with Gasteiger partial charge >= 0.3 is 5.97 Å². The maximum Gasteiger partial charge on any atom is 0.317 e. The molecule has 41 heavy (non-hydrogen) atoms. The quantitative estimate of drug-likeness (QED) is 0.495. The summed E-state index contributed by atoms with van der Waals surface area (Å²) in [5.41, 5.74) is 0.781. The van der Waals surface area contributed by atoms with Crippen LogP contribution in [-0.2, 0) is 30.5 Å². The molecule has 2 heterocycles. The van der Waals surface area contributed by atoms with Crippen molar-refractivity contribution in [3.63, 3.8) is 0 Å². The van der Waals surface area contributed by atoms with Crippen LogP contribution < -0.4 is 0 Å². The zero-order valence-electron chi connectivity index (χ0n) is 23.8. The Morgan fingerprint density at radius 2 is 1.68 bits per heavy atom. The molecule has 0 unspecified atom stereocenters. The first-order valence-electron chi connectivity index (χ1n) is 15.0. The van der Waals surface area contributed by atoms with Crippen LogP contribution in [-0.4, -0.2) is 71.7 Å². The van der Waals surface area contributed by atoms with Gasteiger partial charge in [0.25, 0.3) is 0 Å². The predicted molar refractivity (Wildman–Crippen MR) is 154 cm³/mol. The minimum atomic E-state index is -0.954. The highest BCUT2D eigenvalue weighted by molar-refractivity contribution is 5.93. The number of amides is 3. The molecule has 0 spiro atoms. The summed E-state index contributed by atoms with van der Waals surface area (Å²) in [7, 11) is 1.41. The molecule has 8 heteroatoms. The van der Waals surface area contributed by atoms with E-state index in [1.54, 1.807) is 9.80 Å². The van der Waals surface area contributed by atoms with Crippen molar-refractivity contribution in [2.75, 3.05) is 33.3 Å². The average molecular weight is 558 g/mol. The lowest BCUT2D eigenvalue weighted by Gasteiger charge is -2.46. The number of fused-ring (bicyclic) bond motifs is 2. The highest BCUT2D eigenvalue weighted by Gasteiger charge is 2.54. The first-order valence-corrected chi connectivity index (χ1v) is 15.0. The van der Waals surface area contributed by atoms with Gasteiger partial charge < -0.3 is 19.4 Å². The summed E-state index contributed by atoms with van der Waals surface area (Å²) in [5.74, 6) is -0.782. The van der Waals surface area contributed by atoms with E-state index in [-0.39, 0.29) is 42.5 Å². The average Bonchev–Trinajstić information content (AvgIpc) is 3.86. The number of likely N-dealkylation sites (tertiary alicyclic amines) is 1. The van der Waals surface area contributed by atoms with E-state index in [4.69, 9.17) is 4.74 Å². The number of esters is 1. The van der Waals surface area contributed by atoms with Crippen molar-refractivity contribution in [3.8, 4) is 0 Å². The molecule has 2 aromatic carbocycles. The number of rotatable bonds is 6. The lowest BCUT2D eigenvalue weighted by Crippen LogP contribution is -2.54. The summed E-state index contributed by atoms with van der Waals surface area (Å²) in [4.78, 5) is 59.3. The van der Waals surface area contributed by atoms with Gasteiger partial charge in [-0.2, -0.15) is 0 Å². The third kappa shape index (κ3) is 5.24. The fourth-order valence-corrected chi connectivity index (χ4v) is 7.07. The maximum absolute atomic E-state index is 14.2. The van der Waals surface area contributed by atoms with Crippen molar-refractivity contribution < 1.29 is 23.9 Å². The summed E-state index contributed by atoms with van der Waals surface area (Å²) in [6, 6.07) is 14.2. The lowest BCUT2D eigenvalue weighted by molar-refractivity contribution is -0.160. The van der Waals surface area contributed by atoms with E-state index in [1.807, 2.05) is 29.2 Å². The Labute approximate surface area is 241 Å². The number of carbonyl (C=O) groups excluding carboxylic acids is 4. The van der Waals surface area contributed by atoms with Crippen LogP contribution in [0.25, 0.3) is 10.8 Å². The first-order chi connectivity index (χ1) is 19.9. The fourth-order valence-electron chi connectivity index (χ4n) is 7.07. The number of hydrogen-bond donors (Lipinski definition) is 0. The molecule has 3 fully saturated rings. The summed E-state index contributed by atoms with van der Waals surface area (Å²) < 4.78 is 5.39. The molecule has 2 aromatic rings. The van der Waals surface area contributed by atoms with E-state index in [0.717, 1.165) is 54.1 Å². The van der Waals surface area contributed by atoms with Crippen LogP contribution >= 0.6 is 0 Å². The Kier molecular flexibility index (Phi) is 7.58. The summed E-state index contributed by atoms with van der Waals surface area (Å²) >= 11 is 0. The van der Waals surface area contributed by atoms with Crippen LogP contribution in [0.2, 0.25) is 0 Å². The summed E-state index contributed by atoms with van der Waals surface area (Å²) in [5, 5.41) is 2.16. The van der Waals surface area contributed by atoms with Gasteiger partial charge in [0.2, 0.25) is 17.7 Å². The number of allylic oxidation sites excluding steroid dienone is 1. The third-order valence-electron chi connectivity index (χ3n) is 9.46. The zero-order valence-corrected chi connectivity index (χ0v) is 23.8.